The van der Waals surface area contributed by atoms with E-state index in [1.54, 1.807) is 13.0 Å². The molecule has 0 N–H and O–H groups in total. The van der Waals surface area contributed by atoms with Gasteiger partial charge in [-0.05, 0) is 6.92 Å². The van der Waals surface area contributed by atoms with E-state index in [9.17, 15) is 0 Å². The van der Waals surface area contributed by atoms with Crippen LogP contribution >= 0.6 is 0 Å². The van der Waals surface area contributed by atoms with Crippen molar-refractivity contribution in [3.8, 4) is 0 Å². The van der Waals surface area contributed by atoms with Crippen molar-refractivity contribution in [2.24, 2.45) is 0 Å². The van der Waals surface area contributed by atoms with Gasteiger partial charge < -0.3 is 0 Å². The summed E-state index contributed by atoms with van der Waals surface area (Å²) >= 11 is 0. The standard InChI is InChI=1S/C6H7B3/c1-3-5(8)6(9)4(2)7/h3H,1-2H3/b5-3+,6-4-. The Kier molecular flexibility index (Phi) is 3.52. The highest BCUT2D eigenvalue weighted by atomic mass is 13.8. The molecule has 0 saturated carbocycles. The highest BCUT2D eigenvalue weighted by Crippen LogP contribution is 2.03. The summed E-state index contributed by atoms with van der Waals surface area (Å²) in [5.41, 5.74) is 1.57. The van der Waals surface area contributed by atoms with Crippen LogP contribution in [0.4, 0.5) is 0 Å². The molecule has 0 aliphatic rings. The molecule has 6 radical (unpaired) electrons. The Morgan fingerprint density at radius 2 is 1.67 bits per heavy atom. The van der Waals surface area contributed by atoms with Crippen LogP contribution in [0.1, 0.15) is 13.8 Å². The lowest BCUT2D eigenvalue weighted by Crippen LogP contribution is -1.92. The molecule has 0 bridgehead atoms. The normalized spacial score (nSPS) is 15.1. The molecule has 0 aliphatic heterocycles. The van der Waals surface area contributed by atoms with Crippen molar-refractivity contribution in [3.63, 3.8) is 0 Å². The van der Waals surface area contributed by atoms with Crippen LogP contribution < -0.4 is 0 Å². The Hall–Kier alpha value is -0.325. The van der Waals surface area contributed by atoms with E-state index in [1.807, 2.05) is 6.92 Å². The minimum Gasteiger partial charge on any atom is -0.128 e. The molecule has 0 aromatic heterocycles. The van der Waals surface area contributed by atoms with Crippen molar-refractivity contribution in [1.29, 1.82) is 0 Å². The third kappa shape index (κ3) is 2.64. The third-order valence-electron chi connectivity index (χ3n) is 1.05. The maximum Gasteiger partial charge on any atom is 0.112 e. The number of hydrogen-bond acceptors (Lipinski definition) is 0. The Labute approximate surface area is 60.6 Å². The lowest BCUT2D eigenvalue weighted by Gasteiger charge is -2.03. The molecular weight excluding hydrogens is 105 g/mol. The first-order valence-corrected chi connectivity index (χ1v) is 2.73. The second kappa shape index (κ2) is 3.65. The average molecular weight is 112 g/mol. The number of allylic oxidation sites excluding steroid dienone is 4. The first-order valence-electron chi connectivity index (χ1n) is 2.73. The minimum atomic E-state index is 0.470. The lowest BCUT2D eigenvalue weighted by atomic mass is 9.71. The van der Waals surface area contributed by atoms with Crippen molar-refractivity contribution >= 4 is 23.5 Å². The molecule has 0 spiro atoms. The Morgan fingerprint density at radius 3 is 1.78 bits per heavy atom. The molecular formula is C6H7B3. The minimum absolute atomic E-state index is 0.470. The fourth-order valence-corrected chi connectivity index (χ4v) is 0.383. The van der Waals surface area contributed by atoms with Crippen LogP contribution in [0.5, 0.6) is 0 Å². The number of hydrogen-bond donors (Lipinski definition) is 0. The second-order valence-electron chi connectivity index (χ2n) is 1.84. The molecule has 3 heteroatoms. The van der Waals surface area contributed by atoms with Gasteiger partial charge in [-0.1, -0.05) is 13.0 Å². The molecule has 40 valence electrons. The van der Waals surface area contributed by atoms with E-state index in [-0.39, 0.29) is 0 Å². The molecule has 0 atom stereocenters. The third-order valence-corrected chi connectivity index (χ3v) is 1.05. The van der Waals surface area contributed by atoms with Crippen LogP contribution in [0.15, 0.2) is 22.5 Å². The van der Waals surface area contributed by atoms with E-state index in [0.717, 1.165) is 0 Å². The predicted octanol–water partition coefficient (Wildman–Crippen LogP) is 0.627. The molecule has 0 amide bonds. The highest BCUT2D eigenvalue weighted by Gasteiger charge is 1.89. The van der Waals surface area contributed by atoms with E-state index >= 15 is 0 Å². The van der Waals surface area contributed by atoms with Crippen molar-refractivity contribution in [1.82, 2.24) is 0 Å². The van der Waals surface area contributed by atoms with Gasteiger partial charge in [0.15, 0.2) is 0 Å². The van der Waals surface area contributed by atoms with Gasteiger partial charge in [0.2, 0.25) is 0 Å². The van der Waals surface area contributed by atoms with Crippen LogP contribution in [0.2, 0.25) is 0 Å². The van der Waals surface area contributed by atoms with Crippen molar-refractivity contribution in [2.45, 2.75) is 13.8 Å². The zero-order valence-corrected chi connectivity index (χ0v) is 5.81. The van der Waals surface area contributed by atoms with E-state index in [0.29, 0.717) is 16.4 Å². The Bertz CT molecular complexity index is 152. The Morgan fingerprint density at radius 1 is 1.22 bits per heavy atom. The predicted molar refractivity (Wildman–Crippen MR) is 43.7 cm³/mol. The van der Waals surface area contributed by atoms with Crippen molar-refractivity contribution in [3.05, 3.63) is 22.5 Å². The monoisotopic (exact) mass is 112 g/mol. The summed E-state index contributed by atoms with van der Waals surface area (Å²) in [7, 11) is 16.2. The summed E-state index contributed by atoms with van der Waals surface area (Å²) < 4.78 is 0. The van der Waals surface area contributed by atoms with E-state index < -0.39 is 0 Å². The van der Waals surface area contributed by atoms with Gasteiger partial charge in [-0.25, -0.2) is 0 Å². The molecule has 0 aliphatic carbocycles. The van der Waals surface area contributed by atoms with Crippen molar-refractivity contribution < 1.29 is 0 Å². The van der Waals surface area contributed by atoms with Gasteiger partial charge >= 0.3 is 0 Å². The van der Waals surface area contributed by atoms with Gasteiger partial charge in [0.05, 0.1) is 0 Å². The summed E-state index contributed by atoms with van der Waals surface area (Å²) in [5.74, 6) is 0. The van der Waals surface area contributed by atoms with Gasteiger partial charge in [-0.3, -0.25) is 0 Å². The summed E-state index contributed by atoms with van der Waals surface area (Å²) in [6, 6.07) is 0. The van der Waals surface area contributed by atoms with Crippen LogP contribution in [0.25, 0.3) is 0 Å². The van der Waals surface area contributed by atoms with Crippen LogP contribution in [0, 0.1) is 0 Å². The van der Waals surface area contributed by atoms with E-state index in [2.05, 4.69) is 0 Å². The molecule has 0 nitrogen and oxygen atoms in total. The first kappa shape index (κ1) is 8.67. The smallest absolute Gasteiger partial charge is 0.112 e. The molecule has 0 fully saturated rings. The van der Waals surface area contributed by atoms with E-state index in [1.165, 1.54) is 0 Å². The molecule has 0 aromatic rings. The van der Waals surface area contributed by atoms with Gasteiger partial charge in [0, 0.05) is 0 Å². The molecule has 9 heavy (non-hydrogen) atoms. The zero-order chi connectivity index (χ0) is 7.44. The largest absolute Gasteiger partial charge is 0.128 e. The van der Waals surface area contributed by atoms with Crippen molar-refractivity contribution in [2.75, 3.05) is 0 Å². The fourth-order valence-electron chi connectivity index (χ4n) is 0.383. The number of rotatable bonds is 1. The summed E-state index contributed by atoms with van der Waals surface area (Å²) in [6.45, 7) is 3.52. The summed E-state index contributed by atoms with van der Waals surface area (Å²) in [6.07, 6.45) is 1.71. The van der Waals surface area contributed by atoms with Gasteiger partial charge in [0.25, 0.3) is 0 Å². The molecule has 0 heterocycles. The molecule has 0 rings (SSSR count). The fraction of sp³-hybridized carbons (Fsp3) is 0.333. The lowest BCUT2D eigenvalue weighted by molar-refractivity contribution is 1.58. The van der Waals surface area contributed by atoms with Gasteiger partial charge in [-0.2, -0.15) is 0 Å². The Balaban J connectivity index is 4.40. The molecule has 0 aromatic carbocycles. The zero-order valence-electron chi connectivity index (χ0n) is 5.81. The second-order valence-corrected chi connectivity index (χ2v) is 1.84. The van der Waals surface area contributed by atoms with Crippen LogP contribution in [-0.4, -0.2) is 23.5 Å². The summed E-state index contributed by atoms with van der Waals surface area (Å²) in [5, 5.41) is 0. The first-order chi connectivity index (χ1) is 4.09. The quantitative estimate of drug-likeness (QED) is 0.344. The van der Waals surface area contributed by atoms with Crippen LogP contribution in [0.3, 0.4) is 0 Å². The molecule has 0 unspecified atom stereocenters. The SMILES string of the molecule is [B]C(=C/C)/C([B])=C(/[B])C. The summed E-state index contributed by atoms with van der Waals surface area (Å²) in [4.78, 5) is 0. The molecule has 0 saturated heterocycles. The topological polar surface area (TPSA) is 0 Å². The van der Waals surface area contributed by atoms with Gasteiger partial charge in [-0.15, -0.1) is 16.4 Å². The maximum absolute atomic E-state index is 5.43. The highest BCUT2D eigenvalue weighted by molar-refractivity contribution is 6.40. The van der Waals surface area contributed by atoms with Crippen LogP contribution in [-0.2, 0) is 0 Å². The van der Waals surface area contributed by atoms with E-state index in [4.69, 9.17) is 23.5 Å². The maximum atomic E-state index is 5.43. The average Bonchev–Trinajstić information content (AvgIpc) is 1.84. The van der Waals surface area contributed by atoms with Gasteiger partial charge in [0.1, 0.15) is 23.5 Å².